The zero-order valence-corrected chi connectivity index (χ0v) is 19.2. The molecule has 1 N–H and O–H groups in total. The molecular weight excluding hydrogens is 429 g/mol. The first-order valence-electron chi connectivity index (χ1n) is 9.76. The van der Waals surface area contributed by atoms with Crippen molar-refractivity contribution < 1.29 is 21.9 Å². The van der Waals surface area contributed by atoms with Crippen molar-refractivity contribution in [1.82, 2.24) is 5.32 Å². The molecule has 2 aromatic rings. The molecule has 2 aliphatic rings. The monoisotopic (exact) mass is 455 g/mol. The van der Waals surface area contributed by atoms with Gasteiger partial charge in [0.1, 0.15) is 0 Å². The maximum atomic E-state index is 11.5. The van der Waals surface area contributed by atoms with Gasteiger partial charge in [0.15, 0.2) is 0 Å². The molecule has 152 valence electrons. The van der Waals surface area contributed by atoms with Gasteiger partial charge in [-0.2, -0.15) is 0 Å². The maximum absolute atomic E-state index is 11.5. The van der Waals surface area contributed by atoms with E-state index in [-0.39, 0.29) is 29.0 Å². The number of carbonyl (C=O) groups is 1. The van der Waals surface area contributed by atoms with Crippen LogP contribution in [0.3, 0.4) is 0 Å². The first kappa shape index (κ1) is 25.1. The first-order valence-corrected chi connectivity index (χ1v) is 11.1. The van der Waals surface area contributed by atoms with E-state index in [1.165, 1.54) is 22.2 Å². The Kier molecular flexibility index (Phi) is 11.1. The van der Waals surface area contributed by atoms with Gasteiger partial charge < -0.3 is 5.32 Å². The normalized spacial score (nSPS) is 17.7. The van der Waals surface area contributed by atoms with Crippen molar-refractivity contribution in [3.63, 3.8) is 0 Å². The Labute approximate surface area is 194 Å². The Hall–Kier alpha value is -1.14. The van der Waals surface area contributed by atoms with Gasteiger partial charge in [0.2, 0.25) is 5.91 Å². The minimum Gasteiger partial charge on any atom is -0.353 e. The van der Waals surface area contributed by atoms with E-state index in [1.54, 1.807) is 6.92 Å². The van der Waals surface area contributed by atoms with Gasteiger partial charge in [0, 0.05) is 24.5 Å². The molecule has 1 atom stereocenters. The molecular formula is C26H26FeNOP+2. The zero-order valence-electron chi connectivity index (χ0n) is 17.2. The summed E-state index contributed by atoms with van der Waals surface area (Å²) < 4.78 is 0. The summed E-state index contributed by atoms with van der Waals surface area (Å²) in [6.07, 6.45) is 16.4. The van der Waals surface area contributed by atoms with E-state index in [4.69, 9.17) is 0 Å². The van der Waals surface area contributed by atoms with Crippen LogP contribution < -0.4 is 15.9 Å². The topological polar surface area (TPSA) is 29.1 Å². The standard InChI is InChI=1S/C21H21NOP.C5H5.Fe/c1-16(22-17(2)23)20-14-9-15-21(20)24(18-10-5-3-6-11-18)19-12-7-4-8-13-19;1-2-4-5-3-1;/h3-16H,1-2H3,(H,22,23);1-5H;/q;;+2/t16-;;/m0../s1. The van der Waals surface area contributed by atoms with Crippen molar-refractivity contribution in [2.24, 2.45) is 0 Å². The number of hydrogen-bond acceptors (Lipinski definition) is 1. The molecule has 0 aliphatic heterocycles. The van der Waals surface area contributed by atoms with Gasteiger partial charge in [0.05, 0.1) is 0 Å². The van der Waals surface area contributed by atoms with Gasteiger partial charge in [0.25, 0.3) is 0 Å². The van der Waals surface area contributed by atoms with Crippen LogP contribution in [0.4, 0.5) is 0 Å². The fraction of sp³-hybridized carbons (Fsp3) is 0.115. The van der Waals surface area contributed by atoms with Gasteiger partial charge in [-0.05, 0) is 76.8 Å². The number of hydrogen-bond donors (Lipinski definition) is 1. The summed E-state index contributed by atoms with van der Waals surface area (Å²) in [6, 6.07) is 21.2. The minimum atomic E-state index is -0.638. The number of amides is 1. The predicted molar refractivity (Wildman–Crippen MR) is 123 cm³/mol. The fourth-order valence-electron chi connectivity index (χ4n) is 3.28. The summed E-state index contributed by atoms with van der Waals surface area (Å²) in [5.74, 6) is 1.20. The van der Waals surface area contributed by atoms with Gasteiger partial charge in [-0.3, -0.25) is 4.79 Å². The molecule has 4 heteroatoms. The molecule has 2 nitrogen and oxygen atoms in total. The average Bonchev–Trinajstić information content (AvgIpc) is 3.45. The number of nitrogens with one attached hydrogen (secondary N) is 1. The van der Waals surface area contributed by atoms with Crippen molar-refractivity contribution in [2.75, 3.05) is 0 Å². The summed E-state index contributed by atoms with van der Waals surface area (Å²) in [7, 11) is -0.638. The molecule has 10 radical (unpaired) electrons. The van der Waals surface area contributed by atoms with Gasteiger partial charge in [-0.1, -0.05) is 60.7 Å². The third-order valence-corrected chi connectivity index (χ3v) is 7.06. The second kappa shape index (κ2) is 13.3. The summed E-state index contributed by atoms with van der Waals surface area (Å²) in [4.78, 5) is 11.5. The zero-order chi connectivity index (χ0) is 20.5. The number of benzene rings is 2. The molecule has 2 fully saturated rings. The van der Waals surface area contributed by atoms with E-state index in [2.05, 4.69) is 73.1 Å². The van der Waals surface area contributed by atoms with Crippen LogP contribution in [0.1, 0.15) is 13.8 Å². The fourth-order valence-corrected chi connectivity index (χ4v) is 5.84. The van der Waals surface area contributed by atoms with Crippen LogP contribution in [0.25, 0.3) is 0 Å². The van der Waals surface area contributed by atoms with Crippen LogP contribution in [0, 0.1) is 62.9 Å². The molecule has 0 unspecified atom stereocenters. The first-order chi connectivity index (χ1) is 14.2. The molecule has 4 rings (SSSR count). The Morgan fingerprint density at radius 1 is 0.767 bits per heavy atom. The maximum Gasteiger partial charge on any atom is 2.00 e. The molecule has 2 saturated carbocycles. The molecule has 0 spiro atoms. The van der Waals surface area contributed by atoms with Crippen molar-refractivity contribution in [2.45, 2.75) is 19.9 Å². The van der Waals surface area contributed by atoms with Gasteiger partial charge in [-0.25, -0.2) is 0 Å². The van der Waals surface area contributed by atoms with Crippen molar-refractivity contribution in [3.8, 4) is 0 Å². The van der Waals surface area contributed by atoms with E-state index in [1.807, 2.05) is 51.2 Å². The second-order valence-corrected chi connectivity index (χ2v) is 8.94. The summed E-state index contributed by atoms with van der Waals surface area (Å²) in [5.41, 5.74) is 1.31. The van der Waals surface area contributed by atoms with Crippen molar-refractivity contribution in [1.29, 1.82) is 0 Å². The van der Waals surface area contributed by atoms with E-state index < -0.39 is 7.92 Å². The SMILES string of the molecule is CC(=O)N[C@@H](C)[C]1[CH][CH][CH][C]1P(c1ccccc1)c1ccccc1.[CH]1[CH][CH][CH][CH]1.[Fe+2]. The number of rotatable bonds is 5. The molecule has 2 aromatic carbocycles. The van der Waals surface area contributed by atoms with Crippen molar-refractivity contribution in [3.05, 3.63) is 124 Å². The Morgan fingerprint density at radius 3 is 1.67 bits per heavy atom. The molecule has 2 aliphatic carbocycles. The average molecular weight is 455 g/mol. The van der Waals surface area contributed by atoms with Gasteiger partial charge >= 0.3 is 17.1 Å². The Morgan fingerprint density at radius 2 is 1.23 bits per heavy atom. The van der Waals surface area contributed by atoms with E-state index in [9.17, 15) is 4.79 Å². The smallest absolute Gasteiger partial charge is 0.353 e. The summed E-state index contributed by atoms with van der Waals surface area (Å²) >= 11 is 0. The minimum absolute atomic E-state index is 0. The summed E-state index contributed by atoms with van der Waals surface area (Å²) in [5, 5.41) is 5.66. The molecule has 1 amide bonds. The van der Waals surface area contributed by atoms with Crippen molar-refractivity contribution >= 4 is 24.4 Å². The van der Waals surface area contributed by atoms with E-state index in [0.717, 1.165) is 0 Å². The quantitative estimate of drug-likeness (QED) is 0.526. The van der Waals surface area contributed by atoms with E-state index >= 15 is 0 Å². The molecule has 0 bridgehead atoms. The predicted octanol–water partition coefficient (Wildman–Crippen LogP) is 4.40. The third-order valence-electron chi connectivity index (χ3n) is 4.54. The largest absolute Gasteiger partial charge is 2.00 e. The van der Waals surface area contributed by atoms with Crippen LogP contribution in [0.15, 0.2) is 60.7 Å². The van der Waals surface area contributed by atoms with Crippen LogP contribution >= 0.6 is 7.92 Å². The second-order valence-electron chi connectivity index (χ2n) is 6.76. The van der Waals surface area contributed by atoms with Crippen LogP contribution in [0.2, 0.25) is 0 Å². The van der Waals surface area contributed by atoms with E-state index in [0.29, 0.717) is 0 Å². The molecule has 30 heavy (non-hydrogen) atoms. The molecule has 0 saturated heterocycles. The van der Waals surface area contributed by atoms with Gasteiger partial charge in [-0.15, -0.1) is 0 Å². The molecule has 0 heterocycles. The van der Waals surface area contributed by atoms with Crippen LogP contribution in [-0.4, -0.2) is 11.9 Å². The summed E-state index contributed by atoms with van der Waals surface area (Å²) in [6.45, 7) is 3.61. The molecule has 0 aromatic heterocycles. The number of carbonyl (C=O) groups excluding carboxylic acids is 1. The van der Waals surface area contributed by atoms with Crippen LogP contribution in [0.5, 0.6) is 0 Å². The Balaban J connectivity index is 0.000000468. The third kappa shape index (κ3) is 7.23. The van der Waals surface area contributed by atoms with Crippen LogP contribution in [-0.2, 0) is 21.9 Å². The Bertz CT molecular complexity index is 688.